The first-order valence-electron chi connectivity index (χ1n) is 10.1. The van der Waals surface area contributed by atoms with Crippen molar-refractivity contribution in [3.8, 4) is 0 Å². The van der Waals surface area contributed by atoms with Gasteiger partial charge < -0.3 is 0 Å². The Morgan fingerprint density at radius 3 is 2.32 bits per heavy atom. The van der Waals surface area contributed by atoms with Crippen LogP contribution in [0.5, 0.6) is 0 Å². The minimum absolute atomic E-state index is 0.167. The maximum Gasteiger partial charge on any atom is 0.269 e. The first-order chi connectivity index (χ1) is 13.4. The summed E-state index contributed by atoms with van der Waals surface area (Å²) in [5, 5.41) is 0. The molecular weight excluding hydrogens is 378 g/mol. The Bertz CT molecular complexity index is 847. The van der Waals surface area contributed by atoms with Crippen LogP contribution in [0.25, 0.3) is 0 Å². The van der Waals surface area contributed by atoms with Gasteiger partial charge in [-0.15, -0.1) is 0 Å². The first-order valence-corrected chi connectivity index (χ1v) is 11.6. The van der Waals surface area contributed by atoms with Crippen LogP contribution in [0.15, 0.2) is 29.2 Å². The molecule has 0 spiro atoms. The summed E-state index contributed by atoms with van der Waals surface area (Å²) < 4.78 is 26.5. The topological polar surface area (TPSA) is 95.6 Å². The van der Waals surface area contributed by atoms with E-state index in [4.69, 9.17) is 0 Å². The molecule has 152 valence electrons. The summed E-state index contributed by atoms with van der Waals surface area (Å²) in [6.45, 7) is 1.08. The first kappa shape index (κ1) is 19.4. The highest BCUT2D eigenvalue weighted by Gasteiger charge is 2.40. The second-order valence-electron chi connectivity index (χ2n) is 8.28. The SMILES string of the molecule is O=C(C[C@H]1C[C@@H]2CC[C@@H]1C2)NNC(=O)c1ccc(S(=O)(=O)N2CCCC2)cc1. The molecule has 1 saturated heterocycles. The van der Waals surface area contributed by atoms with Crippen LogP contribution in [0.3, 0.4) is 0 Å². The molecule has 0 unspecified atom stereocenters. The number of sulfonamides is 1. The Morgan fingerprint density at radius 1 is 1.00 bits per heavy atom. The molecule has 3 aliphatic rings. The van der Waals surface area contributed by atoms with E-state index in [0.29, 0.717) is 36.9 Å². The van der Waals surface area contributed by atoms with E-state index in [2.05, 4.69) is 10.9 Å². The van der Waals surface area contributed by atoms with E-state index >= 15 is 0 Å². The Hall–Kier alpha value is -1.93. The highest BCUT2D eigenvalue weighted by Crippen LogP contribution is 2.49. The molecule has 0 aromatic heterocycles. The molecule has 1 heterocycles. The molecule has 0 radical (unpaired) electrons. The zero-order valence-corrected chi connectivity index (χ0v) is 16.7. The van der Waals surface area contributed by atoms with Crippen LogP contribution in [0.1, 0.15) is 55.3 Å². The van der Waals surface area contributed by atoms with Crippen molar-refractivity contribution >= 4 is 21.8 Å². The van der Waals surface area contributed by atoms with Crippen LogP contribution in [0, 0.1) is 17.8 Å². The van der Waals surface area contributed by atoms with Gasteiger partial charge in [-0.2, -0.15) is 4.31 Å². The molecule has 3 atom stereocenters. The number of hydrogen-bond acceptors (Lipinski definition) is 4. The predicted molar refractivity (Wildman–Crippen MR) is 104 cm³/mol. The summed E-state index contributed by atoms with van der Waals surface area (Å²) in [5.74, 6) is 1.26. The van der Waals surface area contributed by atoms with Gasteiger partial charge in [0, 0.05) is 25.1 Å². The average molecular weight is 406 g/mol. The van der Waals surface area contributed by atoms with E-state index in [-0.39, 0.29) is 10.8 Å². The summed E-state index contributed by atoms with van der Waals surface area (Å²) in [6, 6.07) is 5.83. The minimum atomic E-state index is -3.49. The molecule has 1 aromatic rings. The third-order valence-electron chi connectivity index (χ3n) is 6.47. The quantitative estimate of drug-likeness (QED) is 0.733. The highest BCUT2D eigenvalue weighted by molar-refractivity contribution is 7.89. The zero-order valence-electron chi connectivity index (χ0n) is 15.9. The zero-order chi connectivity index (χ0) is 19.7. The molecule has 4 rings (SSSR count). The van der Waals surface area contributed by atoms with Crippen molar-refractivity contribution in [2.75, 3.05) is 13.1 Å². The van der Waals surface area contributed by atoms with Crippen molar-refractivity contribution in [3.63, 3.8) is 0 Å². The van der Waals surface area contributed by atoms with Crippen LogP contribution < -0.4 is 10.9 Å². The lowest BCUT2D eigenvalue weighted by molar-refractivity contribution is -0.123. The van der Waals surface area contributed by atoms with Gasteiger partial charge in [0.1, 0.15) is 0 Å². The number of nitrogens with zero attached hydrogens (tertiary/aromatic N) is 1. The normalized spacial score (nSPS) is 27.1. The Balaban J connectivity index is 1.29. The fraction of sp³-hybridized carbons (Fsp3) is 0.600. The number of fused-ring (bicyclic) bond motifs is 2. The molecule has 2 bridgehead atoms. The van der Waals surface area contributed by atoms with Crippen LogP contribution >= 0.6 is 0 Å². The number of rotatable bonds is 5. The molecule has 1 aromatic carbocycles. The van der Waals surface area contributed by atoms with E-state index < -0.39 is 15.9 Å². The van der Waals surface area contributed by atoms with Crippen LogP contribution in [-0.2, 0) is 14.8 Å². The fourth-order valence-corrected chi connectivity index (χ4v) is 6.49. The summed E-state index contributed by atoms with van der Waals surface area (Å²) in [6.07, 6.45) is 7.10. The fourth-order valence-electron chi connectivity index (χ4n) is 4.97. The number of carbonyl (C=O) groups excluding carboxylic acids is 2. The predicted octanol–water partition coefficient (Wildman–Crippen LogP) is 2.06. The Labute approximate surface area is 165 Å². The van der Waals surface area contributed by atoms with E-state index in [1.165, 1.54) is 47.8 Å². The van der Waals surface area contributed by atoms with Gasteiger partial charge in [0.05, 0.1) is 4.90 Å². The second kappa shape index (κ2) is 7.83. The van der Waals surface area contributed by atoms with Gasteiger partial charge in [-0.25, -0.2) is 8.42 Å². The summed E-state index contributed by atoms with van der Waals surface area (Å²) in [4.78, 5) is 24.6. The molecule has 2 aliphatic carbocycles. The van der Waals surface area contributed by atoms with Gasteiger partial charge in [0.2, 0.25) is 15.9 Å². The summed E-state index contributed by atoms with van der Waals surface area (Å²) in [7, 11) is -3.49. The lowest BCUT2D eigenvalue weighted by Gasteiger charge is -2.20. The maximum atomic E-state index is 12.5. The molecule has 3 fully saturated rings. The van der Waals surface area contributed by atoms with Gasteiger partial charge >= 0.3 is 0 Å². The van der Waals surface area contributed by atoms with Gasteiger partial charge in [-0.1, -0.05) is 6.42 Å². The van der Waals surface area contributed by atoms with Gasteiger partial charge in [-0.05, 0) is 74.1 Å². The van der Waals surface area contributed by atoms with E-state index in [1.54, 1.807) is 0 Å². The third kappa shape index (κ3) is 3.93. The third-order valence-corrected chi connectivity index (χ3v) is 8.38. The molecule has 8 heteroatoms. The van der Waals surface area contributed by atoms with Crippen molar-refractivity contribution in [2.45, 2.75) is 49.8 Å². The Kier molecular flexibility index (Phi) is 5.42. The second-order valence-corrected chi connectivity index (χ2v) is 10.2. The number of nitrogens with one attached hydrogen (secondary N) is 2. The van der Waals surface area contributed by atoms with Crippen molar-refractivity contribution < 1.29 is 18.0 Å². The summed E-state index contributed by atoms with van der Waals surface area (Å²) in [5.41, 5.74) is 5.23. The molecular formula is C20H27N3O4S. The smallest absolute Gasteiger partial charge is 0.269 e. The standard InChI is InChI=1S/C20H27N3O4S/c24-19(13-17-12-14-3-4-16(17)11-14)21-22-20(25)15-5-7-18(8-6-15)28(26,27)23-9-1-2-10-23/h5-8,14,16-17H,1-4,9-13H2,(H,21,24)(H,22,25)/t14-,16-,17-/m1/s1. The number of hydrogen-bond donors (Lipinski definition) is 2. The van der Waals surface area contributed by atoms with Gasteiger partial charge in [0.25, 0.3) is 5.91 Å². The van der Waals surface area contributed by atoms with Crippen LogP contribution in [0.2, 0.25) is 0 Å². The maximum absolute atomic E-state index is 12.5. The monoisotopic (exact) mass is 405 g/mol. The van der Waals surface area contributed by atoms with Crippen molar-refractivity contribution in [1.29, 1.82) is 0 Å². The number of hydrazine groups is 1. The number of benzene rings is 1. The Morgan fingerprint density at radius 2 is 1.71 bits per heavy atom. The lowest BCUT2D eigenvalue weighted by atomic mass is 9.86. The lowest BCUT2D eigenvalue weighted by Crippen LogP contribution is -2.42. The number of carbonyl (C=O) groups is 2. The van der Waals surface area contributed by atoms with Crippen LogP contribution in [-0.4, -0.2) is 37.6 Å². The summed E-state index contributed by atoms with van der Waals surface area (Å²) >= 11 is 0. The van der Waals surface area contributed by atoms with Crippen molar-refractivity contribution in [3.05, 3.63) is 29.8 Å². The van der Waals surface area contributed by atoms with E-state index in [0.717, 1.165) is 25.2 Å². The molecule has 28 heavy (non-hydrogen) atoms. The number of amides is 2. The molecule has 2 saturated carbocycles. The van der Waals surface area contributed by atoms with E-state index in [1.807, 2.05) is 0 Å². The average Bonchev–Trinajstić information content (AvgIpc) is 3.44. The minimum Gasteiger partial charge on any atom is -0.273 e. The largest absolute Gasteiger partial charge is 0.273 e. The van der Waals surface area contributed by atoms with Crippen LogP contribution in [0.4, 0.5) is 0 Å². The molecule has 1 aliphatic heterocycles. The molecule has 2 amide bonds. The van der Waals surface area contributed by atoms with Crippen molar-refractivity contribution in [1.82, 2.24) is 15.2 Å². The molecule has 7 nitrogen and oxygen atoms in total. The highest BCUT2D eigenvalue weighted by atomic mass is 32.2. The molecule has 2 N–H and O–H groups in total. The van der Waals surface area contributed by atoms with Gasteiger partial charge in [-0.3, -0.25) is 20.4 Å². The van der Waals surface area contributed by atoms with Crippen molar-refractivity contribution in [2.24, 2.45) is 17.8 Å². The van der Waals surface area contributed by atoms with E-state index in [9.17, 15) is 18.0 Å². The van der Waals surface area contributed by atoms with Gasteiger partial charge in [0.15, 0.2) is 0 Å².